The Labute approximate surface area is 110 Å². The first-order valence-electron chi connectivity index (χ1n) is 5.79. The summed E-state index contributed by atoms with van der Waals surface area (Å²) >= 11 is 3.46. The molecule has 1 N–H and O–H groups in total. The second-order valence-corrected chi connectivity index (χ2v) is 5.20. The molecule has 17 heavy (non-hydrogen) atoms. The van der Waals surface area contributed by atoms with E-state index in [0.29, 0.717) is 6.42 Å². The fourth-order valence-electron chi connectivity index (χ4n) is 1.55. The molecular formula is C12H19BrN2O2. The van der Waals surface area contributed by atoms with Crippen LogP contribution in [0.25, 0.3) is 0 Å². The molecule has 0 fully saturated rings. The van der Waals surface area contributed by atoms with Crippen molar-refractivity contribution in [1.82, 2.24) is 9.78 Å². The molecule has 0 saturated carbocycles. The lowest BCUT2D eigenvalue weighted by atomic mass is 9.94. The lowest BCUT2D eigenvalue weighted by molar-refractivity contribution is -0.135. The average molecular weight is 303 g/mol. The summed E-state index contributed by atoms with van der Waals surface area (Å²) in [4.78, 5) is 12.0. The van der Waals surface area contributed by atoms with Crippen molar-refractivity contribution in [3.63, 3.8) is 0 Å². The minimum absolute atomic E-state index is 0.175. The van der Waals surface area contributed by atoms with Crippen LogP contribution in [0.4, 0.5) is 0 Å². The fourth-order valence-corrected chi connectivity index (χ4v) is 2.31. The zero-order chi connectivity index (χ0) is 13.2. The molecule has 0 amide bonds. The second kappa shape index (κ2) is 5.31. The van der Waals surface area contributed by atoms with E-state index in [0.717, 1.165) is 22.3 Å². The SMILES string of the molecule is CCc1nn(C)c(CC(=O)C(C)(O)CC)c1Br. The maximum absolute atomic E-state index is 12.0. The molecule has 0 bridgehead atoms. The highest BCUT2D eigenvalue weighted by atomic mass is 79.9. The molecule has 5 heteroatoms. The average Bonchev–Trinajstić information content (AvgIpc) is 2.56. The lowest BCUT2D eigenvalue weighted by Gasteiger charge is -2.19. The quantitative estimate of drug-likeness (QED) is 0.905. The van der Waals surface area contributed by atoms with E-state index in [1.807, 2.05) is 14.0 Å². The number of aliphatic hydroxyl groups is 1. The molecule has 0 radical (unpaired) electrons. The van der Waals surface area contributed by atoms with Gasteiger partial charge in [0.2, 0.25) is 0 Å². The van der Waals surface area contributed by atoms with E-state index in [2.05, 4.69) is 21.0 Å². The Bertz CT molecular complexity index is 424. The minimum atomic E-state index is -1.25. The van der Waals surface area contributed by atoms with Gasteiger partial charge < -0.3 is 5.11 Å². The number of rotatable bonds is 5. The first-order chi connectivity index (χ1) is 7.83. The number of hydrogen-bond acceptors (Lipinski definition) is 3. The van der Waals surface area contributed by atoms with Crippen LogP contribution in [0.5, 0.6) is 0 Å². The van der Waals surface area contributed by atoms with Crippen molar-refractivity contribution >= 4 is 21.7 Å². The summed E-state index contributed by atoms with van der Waals surface area (Å²) in [5, 5.41) is 14.2. The van der Waals surface area contributed by atoms with Gasteiger partial charge in [-0.3, -0.25) is 9.48 Å². The van der Waals surface area contributed by atoms with E-state index in [1.165, 1.54) is 0 Å². The Kier molecular flexibility index (Phi) is 4.49. The third kappa shape index (κ3) is 2.96. The number of halogens is 1. The van der Waals surface area contributed by atoms with Crippen LogP contribution in [0, 0.1) is 0 Å². The van der Waals surface area contributed by atoms with E-state index in [1.54, 1.807) is 18.5 Å². The Balaban J connectivity index is 2.97. The Morgan fingerprint density at radius 2 is 2.12 bits per heavy atom. The van der Waals surface area contributed by atoms with Gasteiger partial charge in [-0.25, -0.2) is 0 Å². The normalized spacial score (nSPS) is 14.7. The van der Waals surface area contributed by atoms with Crippen LogP contribution in [0.3, 0.4) is 0 Å². The first kappa shape index (κ1) is 14.4. The lowest BCUT2D eigenvalue weighted by Crippen LogP contribution is -2.36. The highest BCUT2D eigenvalue weighted by molar-refractivity contribution is 9.10. The number of nitrogens with zero attached hydrogens (tertiary/aromatic N) is 2. The van der Waals surface area contributed by atoms with Crippen LogP contribution in [-0.4, -0.2) is 26.3 Å². The van der Waals surface area contributed by atoms with Gasteiger partial charge in [0, 0.05) is 7.05 Å². The molecular weight excluding hydrogens is 284 g/mol. The molecule has 0 saturated heterocycles. The smallest absolute Gasteiger partial charge is 0.169 e. The van der Waals surface area contributed by atoms with Crippen molar-refractivity contribution in [2.45, 2.75) is 45.6 Å². The van der Waals surface area contributed by atoms with E-state index < -0.39 is 5.60 Å². The summed E-state index contributed by atoms with van der Waals surface area (Å²) in [5.41, 5.74) is 0.503. The van der Waals surface area contributed by atoms with E-state index in [4.69, 9.17) is 0 Å². The number of Topliss-reactive ketones (excluding diaryl/α,β-unsaturated/α-hetero) is 1. The molecule has 1 atom stereocenters. The largest absolute Gasteiger partial charge is 0.382 e. The van der Waals surface area contributed by atoms with Gasteiger partial charge in [0.05, 0.1) is 22.3 Å². The zero-order valence-corrected chi connectivity index (χ0v) is 12.3. The molecule has 96 valence electrons. The maximum atomic E-state index is 12.0. The summed E-state index contributed by atoms with van der Waals surface area (Å²) in [6.07, 6.45) is 1.43. The highest BCUT2D eigenvalue weighted by Gasteiger charge is 2.29. The van der Waals surface area contributed by atoms with E-state index in [9.17, 15) is 9.90 Å². The van der Waals surface area contributed by atoms with E-state index >= 15 is 0 Å². The van der Waals surface area contributed by atoms with Crippen LogP contribution in [0.1, 0.15) is 38.6 Å². The van der Waals surface area contributed by atoms with Gasteiger partial charge in [0.25, 0.3) is 0 Å². The Hall–Kier alpha value is -0.680. The van der Waals surface area contributed by atoms with Crippen molar-refractivity contribution in [1.29, 1.82) is 0 Å². The zero-order valence-electron chi connectivity index (χ0n) is 10.7. The summed E-state index contributed by atoms with van der Waals surface area (Å²) < 4.78 is 2.58. The van der Waals surface area contributed by atoms with Crippen LogP contribution in [-0.2, 0) is 24.7 Å². The van der Waals surface area contributed by atoms with Gasteiger partial charge in [-0.1, -0.05) is 13.8 Å². The van der Waals surface area contributed by atoms with Crippen molar-refractivity contribution < 1.29 is 9.90 Å². The molecule has 0 aromatic carbocycles. The molecule has 1 heterocycles. The van der Waals surface area contributed by atoms with Gasteiger partial charge in [0.15, 0.2) is 5.78 Å². The monoisotopic (exact) mass is 302 g/mol. The standard InChI is InChI=1S/C12H19BrN2O2/c1-5-8-11(13)9(15(4)14-8)7-10(16)12(3,17)6-2/h17H,5-7H2,1-4H3. The number of hydrogen-bond donors (Lipinski definition) is 1. The predicted molar refractivity (Wildman–Crippen MR) is 69.9 cm³/mol. The molecule has 1 unspecified atom stereocenters. The van der Waals surface area contributed by atoms with Gasteiger partial charge in [0.1, 0.15) is 5.60 Å². The summed E-state index contributed by atoms with van der Waals surface area (Å²) in [6.45, 7) is 5.37. The van der Waals surface area contributed by atoms with Crippen LogP contribution < -0.4 is 0 Å². The van der Waals surface area contributed by atoms with Gasteiger partial charge in [-0.2, -0.15) is 5.10 Å². The number of aromatic nitrogens is 2. The van der Waals surface area contributed by atoms with Crippen LogP contribution in [0.2, 0.25) is 0 Å². The molecule has 1 aromatic heterocycles. The Morgan fingerprint density at radius 1 is 1.53 bits per heavy atom. The minimum Gasteiger partial charge on any atom is -0.382 e. The number of carbonyl (C=O) groups excluding carboxylic acids is 1. The summed E-state index contributed by atoms with van der Waals surface area (Å²) in [5.74, 6) is -0.175. The van der Waals surface area contributed by atoms with Crippen molar-refractivity contribution in [2.75, 3.05) is 0 Å². The molecule has 0 aliphatic heterocycles. The van der Waals surface area contributed by atoms with Crippen LogP contribution >= 0.6 is 15.9 Å². The van der Waals surface area contributed by atoms with Gasteiger partial charge >= 0.3 is 0 Å². The Morgan fingerprint density at radius 3 is 2.53 bits per heavy atom. The van der Waals surface area contributed by atoms with Crippen molar-refractivity contribution in [2.24, 2.45) is 7.05 Å². The highest BCUT2D eigenvalue weighted by Crippen LogP contribution is 2.24. The maximum Gasteiger partial charge on any atom is 0.169 e. The van der Waals surface area contributed by atoms with Gasteiger partial charge in [-0.05, 0) is 35.7 Å². The molecule has 0 spiro atoms. The number of carbonyl (C=O) groups is 1. The molecule has 4 nitrogen and oxygen atoms in total. The van der Waals surface area contributed by atoms with Gasteiger partial charge in [-0.15, -0.1) is 0 Å². The van der Waals surface area contributed by atoms with Crippen LogP contribution in [0.15, 0.2) is 4.47 Å². The number of aryl methyl sites for hydroxylation is 2. The third-order valence-corrected chi connectivity index (χ3v) is 4.04. The van der Waals surface area contributed by atoms with Crippen molar-refractivity contribution in [3.05, 3.63) is 15.9 Å². The summed E-state index contributed by atoms with van der Waals surface area (Å²) in [7, 11) is 1.81. The first-order valence-corrected chi connectivity index (χ1v) is 6.58. The summed E-state index contributed by atoms with van der Waals surface area (Å²) in [6, 6.07) is 0. The van der Waals surface area contributed by atoms with Crippen molar-refractivity contribution in [3.8, 4) is 0 Å². The third-order valence-electron chi connectivity index (χ3n) is 3.12. The number of ketones is 1. The molecule has 0 aliphatic rings. The fraction of sp³-hybridized carbons (Fsp3) is 0.667. The predicted octanol–water partition coefficient (Wildman–Crippen LogP) is 2.02. The molecule has 1 aromatic rings. The van der Waals surface area contributed by atoms with E-state index in [-0.39, 0.29) is 12.2 Å². The molecule has 1 rings (SSSR count). The molecule has 0 aliphatic carbocycles. The second-order valence-electron chi connectivity index (χ2n) is 4.41. The topological polar surface area (TPSA) is 55.1 Å².